The van der Waals surface area contributed by atoms with E-state index in [1.54, 1.807) is 0 Å². The topological polar surface area (TPSA) is 35.2 Å². The first-order chi connectivity index (χ1) is 3.88. The summed E-state index contributed by atoms with van der Waals surface area (Å²) in [4.78, 5) is 0. The fourth-order valence-electron chi connectivity index (χ4n) is 1.67. The van der Waals surface area contributed by atoms with Crippen molar-refractivity contribution in [3.05, 3.63) is 0 Å². The summed E-state index contributed by atoms with van der Waals surface area (Å²) in [6.45, 7) is 0.947. The van der Waals surface area contributed by atoms with Gasteiger partial charge in [0.15, 0.2) is 0 Å². The molecule has 2 N–H and O–H groups in total. The zero-order valence-electron chi connectivity index (χ0n) is 5.25. The number of hydrogen-bond acceptors (Lipinski definition) is 2. The molecule has 0 spiro atoms. The molecule has 1 aliphatic heterocycles. The third-order valence-electron chi connectivity index (χ3n) is 2.26. The van der Waals surface area contributed by atoms with Crippen LogP contribution >= 0.6 is 12.4 Å². The molecule has 1 heterocycles. The molecule has 0 aromatic carbocycles. The first kappa shape index (κ1) is 7.32. The lowest BCUT2D eigenvalue weighted by molar-refractivity contribution is 0.0133. The van der Waals surface area contributed by atoms with Gasteiger partial charge < -0.3 is 10.5 Å². The van der Waals surface area contributed by atoms with Gasteiger partial charge in [-0.2, -0.15) is 0 Å². The van der Waals surface area contributed by atoms with E-state index in [-0.39, 0.29) is 12.4 Å². The van der Waals surface area contributed by atoms with Crippen molar-refractivity contribution in [2.45, 2.75) is 25.0 Å². The van der Waals surface area contributed by atoms with E-state index in [2.05, 4.69) is 0 Å². The van der Waals surface area contributed by atoms with Crippen molar-refractivity contribution >= 4 is 12.4 Å². The number of ether oxygens (including phenoxy) is 1. The molecule has 1 saturated carbocycles. The van der Waals surface area contributed by atoms with Crippen LogP contribution in [-0.2, 0) is 4.74 Å². The molecule has 0 amide bonds. The van der Waals surface area contributed by atoms with Gasteiger partial charge in [-0.25, -0.2) is 0 Å². The summed E-state index contributed by atoms with van der Waals surface area (Å²) in [5.74, 6) is 0.824. The summed E-state index contributed by atoms with van der Waals surface area (Å²) >= 11 is 0. The Labute approximate surface area is 61.2 Å². The molecule has 2 aliphatic rings. The predicted octanol–water partition coefficient (Wildman–Crippen LogP) is 0.544. The first-order valence-corrected chi connectivity index (χ1v) is 3.25. The van der Waals surface area contributed by atoms with Crippen LogP contribution in [0.3, 0.4) is 0 Å². The molecule has 9 heavy (non-hydrogen) atoms. The average molecular weight is 150 g/mol. The minimum atomic E-state index is 0. The Bertz CT molecular complexity index is 109. The molecule has 0 aromatic rings. The molecule has 2 fully saturated rings. The quantitative estimate of drug-likeness (QED) is 0.546. The lowest BCUT2D eigenvalue weighted by Crippen LogP contribution is -2.49. The maximum atomic E-state index is 5.64. The first-order valence-electron chi connectivity index (χ1n) is 3.25. The highest BCUT2D eigenvalue weighted by molar-refractivity contribution is 5.85. The third-order valence-corrected chi connectivity index (χ3v) is 2.26. The Morgan fingerprint density at radius 2 is 2.22 bits per heavy atom. The van der Waals surface area contributed by atoms with Crippen LogP contribution in [-0.4, -0.2) is 18.8 Å². The molecule has 2 nitrogen and oxygen atoms in total. The largest absolute Gasteiger partial charge is 0.376 e. The standard InChI is InChI=1S/C6H11NO.ClH/c7-5-3-4-1-2-8-6(4)5;/h4-6H,1-3,7H2;1H/t4-,5-,6-;/m0./s1. The van der Waals surface area contributed by atoms with Crippen molar-refractivity contribution < 1.29 is 4.74 Å². The molecule has 0 radical (unpaired) electrons. The van der Waals surface area contributed by atoms with E-state index >= 15 is 0 Å². The van der Waals surface area contributed by atoms with Crippen molar-refractivity contribution in [3.8, 4) is 0 Å². The van der Waals surface area contributed by atoms with Crippen molar-refractivity contribution in [3.63, 3.8) is 0 Å². The molecule has 2 rings (SSSR count). The number of hydrogen-bond donors (Lipinski definition) is 1. The number of fused-ring (bicyclic) bond motifs is 1. The molecule has 0 bridgehead atoms. The van der Waals surface area contributed by atoms with Gasteiger partial charge in [0.2, 0.25) is 0 Å². The molecule has 3 heteroatoms. The molecule has 0 aromatic heterocycles. The summed E-state index contributed by atoms with van der Waals surface area (Å²) in [5, 5.41) is 0. The van der Waals surface area contributed by atoms with E-state index in [0.717, 1.165) is 12.5 Å². The lowest BCUT2D eigenvalue weighted by Gasteiger charge is -2.35. The van der Waals surface area contributed by atoms with Crippen LogP contribution in [0.1, 0.15) is 12.8 Å². The van der Waals surface area contributed by atoms with E-state index in [0.29, 0.717) is 12.1 Å². The summed E-state index contributed by atoms with van der Waals surface area (Å²) in [7, 11) is 0. The molecular weight excluding hydrogens is 138 g/mol. The third kappa shape index (κ3) is 0.955. The Hall–Kier alpha value is 0.210. The van der Waals surface area contributed by atoms with Crippen molar-refractivity contribution in [1.29, 1.82) is 0 Å². The second-order valence-corrected chi connectivity index (χ2v) is 2.78. The van der Waals surface area contributed by atoms with Crippen LogP contribution in [0.25, 0.3) is 0 Å². The van der Waals surface area contributed by atoms with E-state index in [1.165, 1.54) is 12.8 Å². The minimum absolute atomic E-state index is 0. The van der Waals surface area contributed by atoms with Crippen LogP contribution in [0, 0.1) is 5.92 Å². The average Bonchev–Trinajstić information content (AvgIpc) is 2.09. The second-order valence-electron chi connectivity index (χ2n) is 2.78. The van der Waals surface area contributed by atoms with Gasteiger partial charge >= 0.3 is 0 Å². The van der Waals surface area contributed by atoms with Crippen LogP contribution in [0.5, 0.6) is 0 Å². The molecule has 54 valence electrons. The Kier molecular flexibility index (Phi) is 1.99. The SMILES string of the molecule is Cl.N[C@H]1C[C@@H]2CCO[C@@H]21. The van der Waals surface area contributed by atoms with E-state index in [9.17, 15) is 0 Å². The minimum Gasteiger partial charge on any atom is -0.376 e. The molecule has 1 aliphatic carbocycles. The Balaban J connectivity index is 0.000000405. The fourth-order valence-corrected chi connectivity index (χ4v) is 1.67. The summed E-state index contributed by atoms with van der Waals surface area (Å²) in [6, 6.07) is 0.363. The van der Waals surface area contributed by atoms with Crippen LogP contribution in [0.4, 0.5) is 0 Å². The summed E-state index contributed by atoms with van der Waals surface area (Å²) in [5.41, 5.74) is 5.64. The van der Waals surface area contributed by atoms with E-state index in [1.807, 2.05) is 0 Å². The summed E-state index contributed by atoms with van der Waals surface area (Å²) in [6.07, 6.45) is 2.89. The number of nitrogens with two attached hydrogens (primary N) is 1. The van der Waals surface area contributed by atoms with Gasteiger partial charge in [-0.05, 0) is 18.8 Å². The van der Waals surface area contributed by atoms with E-state index in [4.69, 9.17) is 10.5 Å². The van der Waals surface area contributed by atoms with Crippen LogP contribution < -0.4 is 5.73 Å². The monoisotopic (exact) mass is 149 g/mol. The Morgan fingerprint density at radius 1 is 1.44 bits per heavy atom. The highest BCUT2D eigenvalue weighted by atomic mass is 35.5. The van der Waals surface area contributed by atoms with Gasteiger partial charge in [0.05, 0.1) is 6.10 Å². The molecule has 0 unspecified atom stereocenters. The van der Waals surface area contributed by atoms with Gasteiger partial charge in [0.1, 0.15) is 0 Å². The fraction of sp³-hybridized carbons (Fsp3) is 1.00. The summed E-state index contributed by atoms with van der Waals surface area (Å²) < 4.78 is 5.34. The molecule has 1 saturated heterocycles. The maximum Gasteiger partial charge on any atom is 0.0755 e. The highest BCUT2D eigenvalue weighted by Gasteiger charge is 2.42. The zero-order valence-corrected chi connectivity index (χ0v) is 6.06. The van der Waals surface area contributed by atoms with E-state index < -0.39 is 0 Å². The number of rotatable bonds is 0. The maximum absolute atomic E-state index is 5.64. The molecule has 3 atom stereocenters. The second kappa shape index (κ2) is 2.45. The van der Waals surface area contributed by atoms with Crippen LogP contribution in [0.15, 0.2) is 0 Å². The van der Waals surface area contributed by atoms with Gasteiger partial charge in [0.25, 0.3) is 0 Å². The van der Waals surface area contributed by atoms with Gasteiger partial charge in [-0.1, -0.05) is 0 Å². The highest BCUT2D eigenvalue weighted by Crippen LogP contribution is 2.36. The van der Waals surface area contributed by atoms with Crippen molar-refractivity contribution in [2.75, 3.05) is 6.61 Å². The lowest BCUT2D eigenvalue weighted by atomic mass is 9.78. The normalized spacial score (nSPS) is 47.0. The zero-order chi connectivity index (χ0) is 5.56. The van der Waals surface area contributed by atoms with Gasteiger partial charge in [-0.15, -0.1) is 12.4 Å². The molecular formula is C6H12ClNO. The smallest absolute Gasteiger partial charge is 0.0755 e. The van der Waals surface area contributed by atoms with Crippen LogP contribution in [0.2, 0.25) is 0 Å². The predicted molar refractivity (Wildman–Crippen MR) is 37.7 cm³/mol. The Morgan fingerprint density at radius 3 is 2.67 bits per heavy atom. The van der Waals surface area contributed by atoms with Crippen molar-refractivity contribution in [1.82, 2.24) is 0 Å². The number of halogens is 1. The van der Waals surface area contributed by atoms with Crippen molar-refractivity contribution in [2.24, 2.45) is 11.7 Å². The van der Waals surface area contributed by atoms with Gasteiger partial charge in [-0.3, -0.25) is 0 Å². The van der Waals surface area contributed by atoms with Gasteiger partial charge in [0, 0.05) is 12.6 Å².